The Morgan fingerprint density at radius 1 is 1.19 bits per heavy atom. The first-order chi connectivity index (χ1) is 15.4. The van der Waals surface area contributed by atoms with Crippen LogP contribution in [-0.4, -0.2) is 37.4 Å². The van der Waals surface area contributed by atoms with Crippen molar-refractivity contribution in [2.75, 3.05) is 18.0 Å². The van der Waals surface area contributed by atoms with Crippen molar-refractivity contribution in [2.45, 2.75) is 13.3 Å². The van der Waals surface area contributed by atoms with E-state index in [2.05, 4.69) is 25.4 Å². The van der Waals surface area contributed by atoms with Crippen molar-refractivity contribution >= 4 is 28.8 Å². The monoisotopic (exact) mass is 440 g/mol. The zero-order valence-electron chi connectivity index (χ0n) is 16.8. The first-order valence-corrected chi connectivity index (χ1v) is 9.53. The molecule has 4 rings (SSSR count). The SMILES string of the molecule is CCNC(=O)Oc1c(N)nc(-n2nc(Cc3ccccc3F)c3ncc(F)cc32)nc1N. The quantitative estimate of drug-likeness (QED) is 0.428. The number of rotatable bonds is 5. The maximum Gasteiger partial charge on any atom is 0.412 e. The van der Waals surface area contributed by atoms with Gasteiger partial charge in [0.15, 0.2) is 11.6 Å². The van der Waals surface area contributed by atoms with E-state index in [9.17, 15) is 13.6 Å². The minimum atomic E-state index is -0.773. The lowest BCUT2D eigenvalue weighted by Crippen LogP contribution is -2.27. The zero-order valence-corrected chi connectivity index (χ0v) is 16.8. The van der Waals surface area contributed by atoms with Crippen LogP contribution in [0.5, 0.6) is 5.75 Å². The summed E-state index contributed by atoms with van der Waals surface area (Å²) in [6, 6.07) is 7.41. The van der Waals surface area contributed by atoms with Crippen LogP contribution in [0.1, 0.15) is 18.2 Å². The molecule has 0 aliphatic rings. The highest BCUT2D eigenvalue weighted by Crippen LogP contribution is 2.29. The molecule has 32 heavy (non-hydrogen) atoms. The van der Waals surface area contributed by atoms with Crippen LogP contribution in [-0.2, 0) is 6.42 Å². The van der Waals surface area contributed by atoms with Gasteiger partial charge in [-0.3, -0.25) is 0 Å². The number of benzene rings is 1. The highest BCUT2D eigenvalue weighted by atomic mass is 19.1. The van der Waals surface area contributed by atoms with Gasteiger partial charge in [0.1, 0.15) is 17.2 Å². The molecule has 0 unspecified atom stereocenters. The standard InChI is InChI=1S/C20H18F2N8O2/c1-2-25-20(31)32-16-17(23)27-19(28-18(16)24)30-14-8-11(21)9-26-15(14)13(29-30)7-10-5-3-4-6-12(10)22/h3-6,8-9H,2,7H2,1H3,(H,25,31)(H4,23,24,27,28). The van der Waals surface area contributed by atoms with E-state index in [4.69, 9.17) is 16.2 Å². The van der Waals surface area contributed by atoms with Crippen LogP contribution in [0.3, 0.4) is 0 Å². The second kappa shape index (κ2) is 8.41. The van der Waals surface area contributed by atoms with Crippen LogP contribution in [0, 0.1) is 11.6 Å². The summed E-state index contributed by atoms with van der Waals surface area (Å²) in [6.07, 6.45) is 0.356. The number of carbonyl (C=O) groups excluding carboxylic acids is 1. The summed E-state index contributed by atoms with van der Waals surface area (Å²) in [4.78, 5) is 24.0. The number of nitrogens with zero attached hydrogens (tertiary/aromatic N) is 5. The molecule has 3 heterocycles. The van der Waals surface area contributed by atoms with Gasteiger partial charge >= 0.3 is 6.09 Å². The molecule has 0 bridgehead atoms. The van der Waals surface area contributed by atoms with Gasteiger partial charge in [-0.25, -0.2) is 18.6 Å². The number of nitrogens with one attached hydrogen (secondary N) is 1. The highest BCUT2D eigenvalue weighted by Gasteiger charge is 2.21. The van der Waals surface area contributed by atoms with E-state index in [1.54, 1.807) is 25.1 Å². The fraction of sp³-hybridized carbons (Fsp3) is 0.150. The van der Waals surface area contributed by atoms with E-state index in [0.29, 0.717) is 23.3 Å². The van der Waals surface area contributed by atoms with Crippen molar-refractivity contribution in [1.29, 1.82) is 0 Å². The normalized spacial score (nSPS) is 11.0. The van der Waals surface area contributed by atoms with Crippen LogP contribution in [0.4, 0.5) is 25.2 Å². The molecule has 10 nitrogen and oxygen atoms in total. The predicted molar refractivity (Wildman–Crippen MR) is 112 cm³/mol. The van der Waals surface area contributed by atoms with Crippen LogP contribution in [0.25, 0.3) is 17.0 Å². The number of ether oxygens (including phenoxy) is 1. The molecule has 0 spiro atoms. The Labute approximate surface area is 180 Å². The van der Waals surface area contributed by atoms with Crippen molar-refractivity contribution in [1.82, 2.24) is 30.0 Å². The van der Waals surface area contributed by atoms with E-state index in [0.717, 1.165) is 6.20 Å². The molecule has 1 amide bonds. The van der Waals surface area contributed by atoms with Gasteiger partial charge < -0.3 is 21.5 Å². The third-order valence-electron chi connectivity index (χ3n) is 4.48. The lowest BCUT2D eigenvalue weighted by Gasteiger charge is -2.10. The number of pyridine rings is 1. The van der Waals surface area contributed by atoms with Gasteiger partial charge in [0, 0.05) is 19.0 Å². The Hall–Kier alpha value is -4.35. The Morgan fingerprint density at radius 3 is 2.59 bits per heavy atom. The maximum atomic E-state index is 14.2. The molecule has 0 aliphatic heterocycles. The van der Waals surface area contributed by atoms with E-state index in [1.807, 2.05) is 0 Å². The summed E-state index contributed by atoms with van der Waals surface area (Å²) in [5.74, 6) is -1.78. The number of hydrogen-bond acceptors (Lipinski definition) is 8. The predicted octanol–water partition coefficient (Wildman–Crippen LogP) is 2.35. The molecular formula is C20H18F2N8O2. The molecule has 0 radical (unpaired) electrons. The average Bonchev–Trinajstić information content (AvgIpc) is 3.10. The van der Waals surface area contributed by atoms with Gasteiger partial charge in [-0.05, 0) is 18.6 Å². The first kappa shape index (κ1) is 20.9. The van der Waals surface area contributed by atoms with Crippen molar-refractivity contribution in [3.63, 3.8) is 0 Å². The summed E-state index contributed by atoms with van der Waals surface area (Å²) in [6.45, 7) is 2.04. The van der Waals surface area contributed by atoms with Crippen LogP contribution in [0.15, 0.2) is 36.5 Å². The second-order valence-electron chi connectivity index (χ2n) is 6.69. The fourth-order valence-electron chi connectivity index (χ4n) is 3.07. The largest absolute Gasteiger partial charge is 0.412 e. The topological polar surface area (TPSA) is 147 Å². The van der Waals surface area contributed by atoms with Crippen molar-refractivity contribution in [3.05, 3.63) is 59.4 Å². The number of nitrogen functional groups attached to an aromatic ring is 2. The highest BCUT2D eigenvalue weighted by molar-refractivity contribution is 5.80. The van der Waals surface area contributed by atoms with Crippen molar-refractivity contribution in [2.24, 2.45) is 0 Å². The molecule has 12 heteroatoms. The van der Waals surface area contributed by atoms with Gasteiger partial charge in [-0.2, -0.15) is 19.7 Å². The minimum Gasteiger partial charge on any atom is -0.402 e. The lowest BCUT2D eigenvalue weighted by molar-refractivity contribution is 0.201. The van der Waals surface area contributed by atoms with E-state index < -0.39 is 17.7 Å². The fourth-order valence-corrected chi connectivity index (χ4v) is 3.07. The first-order valence-electron chi connectivity index (χ1n) is 9.53. The van der Waals surface area contributed by atoms with Gasteiger partial charge in [-0.15, -0.1) is 0 Å². The summed E-state index contributed by atoms with van der Waals surface area (Å²) >= 11 is 0. The molecule has 0 saturated heterocycles. The molecule has 164 valence electrons. The molecule has 3 aromatic heterocycles. The average molecular weight is 440 g/mol. The molecule has 4 aromatic rings. The number of carbonyl (C=O) groups is 1. The molecule has 0 fully saturated rings. The summed E-state index contributed by atoms with van der Waals surface area (Å²) in [5.41, 5.74) is 13.1. The summed E-state index contributed by atoms with van der Waals surface area (Å²) in [7, 11) is 0. The third kappa shape index (κ3) is 3.97. The van der Waals surface area contributed by atoms with Gasteiger partial charge in [0.05, 0.1) is 17.4 Å². The van der Waals surface area contributed by atoms with E-state index in [-0.39, 0.29) is 35.3 Å². The summed E-state index contributed by atoms with van der Waals surface area (Å²) < 4.78 is 34.4. The number of aromatic nitrogens is 5. The van der Waals surface area contributed by atoms with Gasteiger partial charge in [0.2, 0.25) is 5.75 Å². The molecule has 1 aromatic carbocycles. The lowest BCUT2D eigenvalue weighted by atomic mass is 10.1. The number of fused-ring (bicyclic) bond motifs is 1. The van der Waals surface area contributed by atoms with Crippen molar-refractivity contribution < 1.29 is 18.3 Å². The molecular weight excluding hydrogens is 422 g/mol. The maximum absolute atomic E-state index is 14.2. The molecule has 0 atom stereocenters. The Bertz CT molecular complexity index is 1300. The third-order valence-corrected chi connectivity index (χ3v) is 4.48. The van der Waals surface area contributed by atoms with Crippen molar-refractivity contribution in [3.8, 4) is 11.7 Å². The molecule has 0 saturated carbocycles. The summed E-state index contributed by atoms with van der Waals surface area (Å²) in [5, 5.41) is 6.83. The Balaban J connectivity index is 1.80. The Morgan fingerprint density at radius 2 is 1.91 bits per heavy atom. The Kier molecular flexibility index (Phi) is 5.50. The minimum absolute atomic E-state index is 0.0954. The smallest absolute Gasteiger partial charge is 0.402 e. The zero-order chi connectivity index (χ0) is 22.8. The number of nitrogens with two attached hydrogens (primary N) is 2. The van der Waals surface area contributed by atoms with E-state index >= 15 is 0 Å². The number of anilines is 2. The number of halogens is 2. The van der Waals surface area contributed by atoms with Crippen LogP contribution >= 0.6 is 0 Å². The number of hydrogen-bond donors (Lipinski definition) is 3. The molecule has 0 aliphatic carbocycles. The van der Waals surface area contributed by atoms with Gasteiger partial charge in [0.25, 0.3) is 5.95 Å². The number of amides is 1. The second-order valence-corrected chi connectivity index (χ2v) is 6.69. The molecule has 5 N–H and O–H groups in total. The van der Waals surface area contributed by atoms with Crippen LogP contribution < -0.4 is 21.5 Å². The van der Waals surface area contributed by atoms with E-state index in [1.165, 1.54) is 16.8 Å². The van der Waals surface area contributed by atoms with Crippen LogP contribution in [0.2, 0.25) is 0 Å². The van der Waals surface area contributed by atoms with Gasteiger partial charge in [-0.1, -0.05) is 18.2 Å².